The molecule has 70 valence electrons. The van der Waals surface area contributed by atoms with Gasteiger partial charge in [-0.2, -0.15) is 0 Å². The lowest BCUT2D eigenvalue weighted by Gasteiger charge is -2.09. The SMILES string of the molecule is CC(=O)NNc1cc(C)ccc1C. The average Bonchev–Trinajstić information content (AvgIpc) is 2.06. The van der Waals surface area contributed by atoms with Crippen LogP contribution in [-0.2, 0) is 4.79 Å². The van der Waals surface area contributed by atoms with Crippen LogP contribution in [-0.4, -0.2) is 5.91 Å². The minimum Gasteiger partial charge on any atom is -0.298 e. The normalized spacial score (nSPS) is 9.46. The molecule has 0 bridgehead atoms. The molecule has 0 saturated carbocycles. The van der Waals surface area contributed by atoms with Crippen LogP contribution >= 0.6 is 0 Å². The first-order valence-electron chi connectivity index (χ1n) is 4.19. The van der Waals surface area contributed by atoms with Crippen molar-refractivity contribution in [3.8, 4) is 0 Å². The van der Waals surface area contributed by atoms with Crippen LogP contribution in [0.4, 0.5) is 5.69 Å². The molecule has 0 aromatic heterocycles. The van der Waals surface area contributed by atoms with Gasteiger partial charge >= 0.3 is 0 Å². The van der Waals surface area contributed by atoms with E-state index in [1.54, 1.807) is 0 Å². The summed E-state index contributed by atoms with van der Waals surface area (Å²) >= 11 is 0. The molecule has 0 heterocycles. The number of hydrazine groups is 1. The number of rotatable bonds is 2. The highest BCUT2D eigenvalue weighted by atomic mass is 16.2. The first-order valence-corrected chi connectivity index (χ1v) is 4.19. The van der Waals surface area contributed by atoms with Crippen LogP contribution in [0.5, 0.6) is 0 Å². The van der Waals surface area contributed by atoms with E-state index < -0.39 is 0 Å². The third kappa shape index (κ3) is 2.78. The Morgan fingerprint density at radius 3 is 2.62 bits per heavy atom. The number of carbonyl (C=O) groups excluding carboxylic acids is 1. The summed E-state index contributed by atoms with van der Waals surface area (Å²) in [5.41, 5.74) is 8.61. The molecule has 1 rings (SSSR count). The molecule has 1 aromatic rings. The highest BCUT2D eigenvalue weighted by molar-refractivity contribution is 5.74. The van der Waals surface area contributed by atoms with Gasteiger partial charge in [-0.25, -0.2) is 0 Å². The number of benzene rings is 1. The van der Waals surface area contributed by atoms with Crippen LogP contribution in [0.3, 0.4) is 0 Å². The molecule has 0 aliphatic rings. The maximum absolute atomic E-state index is 10.6. The lowest BCUT2D eigenvalue weighted by atomic mass is 10.1. The van der Waals surface area contributed by atoms with Gasteiger partial charge < -0.3 is 0 Å². The summed E-state index contributed by atoms with van der Waals surface area (Å²) in [6.45, 7) is 5.47. The number of amides is 1. The number of hydrogen-bond acceptors (Lipinski definition) is 2. The summed E-state index contributed by atoms with van der Waals surface area (Å²) in [7, 11) is 0. The molecule has 0 fully saturated rings. The molecule has 0 saturated heterocycles. The van der Waals surface area contributed by atoms with Crippen molar-refractivity contribution < 1.29 is 4.79 Å². The van der Waals surface area contributed by atoms with Crippen molar-refractivity contribution in [2.75, 3.05) is 5.43 Å². The van der Waals surface area contributed by atoms with E-state index in [1.807, 2.05) is 32.0 Å². The second-order valence-electron chi connectivity index (χ2n) is 3.12. The maximum atomic E-state index is 10.6. The molecule has 0 atom stereocenters. The zero-order chi connectivity index (χ0) is 9.84. The van der Waals surface area contributed by atoms with E-state index in [4.69, 9.17) is 0 Å². The van der Waals surface area contributed by atoms with Crippen LogP contribution < -0.4 is 10.9 Å². The number of nitrogens with one attached hydrogen (secondary N) is 2. The Morgan fingerprint density at radius 2 is 2.00 bits per heavy atom. The third-order valence-electron chi connectivity index (χ3n) is 1.77. The summed E-state index contributed by atoms with van der Waals surface area (Å²) in [4.78, 5) is 10.6. The highest BCUT2D eigenvalue weighted by Crippen LogP contribution is 2.14. The molecule has 2 N–H and O–H groups in total. The second kappa shape index (κ2) is 3.94. The molecule has 0 spiro atoms. The van der Waals surface area contributed by atoms with Crippen molar-refractivity contribution >= 4 is 11.6 Å². The Hall–Kier alpha value is -1.51. The predicted octanol–water partition coefficient (Wildman–Crippen LogP) is 1.77. The molecule has 0 aliphatic carbocycles. The Morgan fingerprint density at radius 1 is 1.31 bits per heavy atom. The van der Waals surface area contributed by atoms with E-state index in [9.17, 15) is 4.79 Å². The van der Waals surface area contributed by atoms with E-state index in [-0.39, 0.29) is 5.91 Å². The Bertz CT molecular complexity index is 321. The summed E-state index contributed by atoms with van der Waals surface area (Å²) in [6.07, 6.45) is 0. The van der Waals surface area contributed by atoms with Gasteiger partial charge in [0.15, 0.2) is 0 Å². The van der Waals surface area contributed by atoms with Gasteiger partial charge in [0.2, 0.25) is 5.91 Å². The molecular formula is C10H14N2O. The van der Waals surface area contributed by atoms with E-state index in [1.165, 1.54) is 12.5 Å². The number of hydrogen-bond donors (Lipinski definition) is 2. The number of anilines is 1. The number of carbonyl (C=O) groups is 1. The van der Waals surface area contributed by atoms with Gasteiger partial charge in [0.25, 0.3) is 0 Å². The highest BCUT2D eigenvalue weighted by Gasteiger charge is 1.97. The standard InChI is InChI=1S/C10H14N2O/c1-7-4-5-8(2)10(6-7)12-11-9(3)13/h4-6,12H,1-3H3,(H,11,13). The zero-order valence-electron chi connectivity index (χ0n) is 8.14. The Balaban J connectivity index is 2.75. The fourth-order valence-corrected chi connectivity index (χ4v) is 1.03. The van der Waals surface area contributed by atoms with Gasteiger partial charge in [-0.05, 0) is 31.0 Å². The van der Waals surface area contributed by atoms with Crippen molar-refractivity contribution in [2.24, 2.45) is 0 Å². The van der Waals surface area contributed by atoms with Crippen molar-refractivity contribution in [3.63, 3.8) is 0 Å². The summed E-state index contributed by atoms with van der Waals surface area (Å²) in [5, 5.41) is 0. The summed E-state index contributed by atoms with van der Waals surface area (Å²) < 4.78 is 0. The van der Waals surface area contributed by atoms with E-state index in [2.05, 4.69) is 10.9 Å². The second-order valence-corrected chi connectivity index (χ2v) is 3.12. The fourth-order valence-electron chi connectivity index (χ4n) is 1.03. The topological polar surface area (TPSA) is 41.1 Å². The lowest BCUT2D eigenvalue weighted by molar-refractivity contribution is -0.118. The Labute approximate surface area is 78.1 Å². The fraction of sp³-hybridized carbons (Fsp3) is 0.300. The molecule has 3 heteroatoms. The third-order valence-corrected chi connectivity index (χ3v) is 1.77. The quantitative estimate of drug-likeness (QED) is 0.677. The van der Waals surface area contributed by atoms with E-state index in [0.717, 1.165) is 11.3 Å². The van der Waals surface area contributed by atoms with Crippen LogP contribution in [0.1, 0.15) is 18.1 Å². The van der Waals surface area contributed by atoms with Crippen molar-refractivity contribution in [1.82, 2.24) is 5.43 Å². The molecule has 0 aliphatic heterocycles. The van der Waals surface area contributed by atoms with E-state index in [0.29, 0.717) is 0 Å². The van der Waals surface area contributed by atoms with Crippen LogP contribution in [0, 0.1) is 13.8 Å². The van der Waals surface area contributed by atoms with Gasteiger partial charge in [-0.15, -0.1) is 0 Å². The minimum absolute atomic E-state index is 0.0964. The zero-order valence-corrected chi connectivity index (χ0v) is 8.14. The Kier molecular flexibility index (Phi) is 2.90. The summed E-state index contributed by atoms with van der Waals surface area (Å²) in [5.74, 6) is -0.0964. The molecule has 13 heavy (non-hydrogen) atoms. The van der Waals surface area contributed by atoms with Crippen LogP contribution in [0.2, 0.25) is 0 Å². The van der Waals surface area contributed by atoms with Crippen molar-refractivity contribution in [2.45, 2.75) is 20.8 Å². The minimum atomic E-state index is -0.0964. The number of aryl methyl sites for hydroxylation is 2. The van der Waals surface area contributed by atoms with Crippen LogP contribution in [0.25, 0.3) is 0 Å². The molecule has 0 radical (unpaired) electrons. The molecular weight excluding hydrogens is 164 g/mol. The van der Waals surface area contributed by atoms with Gasteiger partial charge in [-0.3, -0.25) is 15.6 Å². The monoisotopic (exact) mass is 178 g/mol. The first kappa shape index (κ1) is 9.58. The molecule has 3 nitrogen and oxygen atoms in total. The maximum Gasteiger partial charge on any atom is 0.235 e. The van der Waals surface area contributed by atoms with Gasteiger partial charge in [0.05, 0.1) is 5.69 Å². The van der Waals surface area contributed by atoms with Crippen molar-refractivity contribution in [3.05, 3.63) is 29.3 Å². The first-order chi connectivity index (χ1) is 6.09. The lowest BCUT2D eigenvalue weighted by Crippen LogP contribution is -2.26. The summed E-state index contributed by atoms with van der Waals surface area (Å²) in [6, 6.07) is 6.04. The largest absolute Gasteiger partial charge is 0.298 e. The van der Waals surface area contributed by atoms with Gasteiger partial charge in [0, 0.05) is 6.92 Å². The molecule has 0 unspecified atom stereocenters. The smallest absolute Gasteiger partial charge is 0.235 e. The van der Waals surface area contributed by atoms with Gasteiger partial charge in [0.1, 0.15) is 0 Å². The molecule has 1 aromatic carbocycles. The van der Waals surface area contributed by atoms with Gasteiger partial charge in [-0.1, -0.05) is 12.1 Å². The molecule has 1 amide bonds. The average molecular weight is 178 g/mol. The van der Waals surface area contributed by atoms with E-state index >= 15 is 0 Å². The van der Waals surface area contributed by atoms with Crippen LogP contribution in [0.15, 0.2) is 18.2 Å². The predicted molar refractivity (Wildman–Crippen MR) is 53.4 cm³/mol. The van der Waals surface area contributed by atoms with Crippen molar-refractivity contribution in [1.29, 1.82) is 0 Å².